The number of likely N-dealkylation sites (N-methyl/N-ethyl adjacent to an activating group) is 1. The van der Waals surface area contributed by atoms with Gasteiger partial charge in [0.05, 0.1) is 6.20 Å². The molecule has 2 atom stereocenters. The number of piperazine rings is 1. The van der Waals surface area contributed by atoms with Gasteiger partial charge in [0.2, 0.25) is 0 Å². The third kappa shape index (κ3) is 4.64. The highest BCUT2D eigenvalue weighted by molar-refractivity contribution is 5.81. The van der Waals surface area contributed by atoms with Crippen LogP contribution in [0, 0.1) is 10.8 Å². The van der Waals surface area contributed by atoms with Crippen molar-refractivity contribution in [2.45, 2.75) is 31.4 Å². The molecule has 7 nitrogen and oxygen atoms in total. The van der Waals surface area contributed by atoms with E-state index in [1.807, 2.05) is 18.2 Å². The van der Waals surface area contributed by atoms with Crippen molar-refractivity contribution in [3.8, 4) is 5.75 Å². The Morgan fingerprint density at radius 3 is 2.57 bits per heavy atom. The lowest BCUT2D eigenvalue weighted by Crippen LogP contribution is -2.45. The van der Waals surface area contributed by atoms with E-state index in [0.29, 0.717) is 23.5 Å². The number of benzene rings is 1. The summed E-state index contributed by atoms with van der Waals surface area (Å²) in [4.78, 5) is 4.72. The van der Waals surface area contributed by atoms with Crippen molar-refractivity contribution in [3.05, 3.63) is 59.2 Å². The molecule has 1 aromatic carbocycles. The number of fused-ring (bicyclic) bond motifs is 1. The fraction of sp³-hybridized carbons (Fsp3) is 0.478. The van der Waals surface area contributed by atoms with Crippen molar-refractivity contribution in [1.29, 1.82) is 10.8 Å². The van der Waals surface area contributed by atoms with Crippen molar-refractivity contribution in [2.24, 2.45) is 5.73 Å². The molecule has 1 aliphatic carbocycles. The molecule has 7 heteroatoms. The summed E-state index contributed by atoms with van der Waals surface area (Å²) in [6.07, 6.45) is 4.10. The minimum atomic E-state index is -0.0504. The maximum absolute atomic E-state index is 8.52. The van der Waals surface area contributed by atoms with E-state index in [1.54, 1.807) is 16.8 Å². The Morgan fingerprint density at radius 1 is 1.07 bits per heavy atom. The van der Waals surface area contributed by atoms with E-state index in [4.69, 9.17) is 21.3 Å². The monoisotopic (exact) mass is 408 g/mol. The number of nitrogens with one attached hydrogen (secondary N) is 2. The van der Waals surface area contributed by atoms with Crippen LogP contribution in [0.4, 0.5) is 0 Å². The van der Waals surface area contributed by atoms with E-state index in [1.165, 1.54) is 0 Å². The Hall–Kier alpha value is -2.48. The van der Waals surface area contributed by atoms with E-state index >= 15 is 0 Å². The molecule has 0 bridgehead atoms. The first-order valence-electron chi connectivity index (χ1n) is 10.8. The van der Waals surface area contributed by atoms with Crippen LogP contribution in [-0.2, 0) is 0 Å². The van der Waals surface area contributed by atoms with E-state index in [0.717, 1.165) is 56.7 Å². The molecule has 2 heterocycles. The molecule has 0 radical (unpaired) electrons. The molecule has 2 aromatic rings. The van der Waals surface area contributed by atoms with Gasteiger partial charge in [0.25, 0.3) is 0 Å². The predicted molar refractivity (Wildman–Crippen MR) is 118 cm³/mol. The first-order valence-corrected chi connectivity index (χ1v) is 10.8. The molecular weight excluding hydrogens is 376 g/mol. The van der Waals surface area contributed by atoms with Gasteiger partial charge in [0, 0.05) is 45.2 Å². The molecule has 160 valence electrons. The largest absolute Gasteiger partial charge is 0.484 e. The van der Waals surface area contributed by atoms with Crippen LogP contribution in [-0.4, -0.2) is 60.0 Å². The zero-order chi connectivity index (χ0) is 21.1. The van der Waals surface area contributed by atoms with Gasteiger partial charge in [-0.2, -0.15) is 0 Å². The van der Waals surface area contributed by atoms with Crippen molar-refractivity contribution >= 4 is 5.84 Å². The van der Waals surface area contributed by atoms with E-state index in [-0.39, 0.29) is 12.1 Å². The summed E-state index contributed by atoms with van der Waals surface area (Å²) < 4.78 is 7.94. The van der Waals surface area contributed by atoms with Crippen LogP contribution in [0.5, 0.6) is 5.75 Å². The second-order valence-corrected chi connectivity index (χ2v) is 8.38. The topological polar surface area (TPSA) is 94.4 Å². The molecule has 2 aliphatic rings. The highest BCUT2D eigenvalue weighted by Crippen LogP contribution is 2.37. The normalized spacial score (nSPS) is 22.5. The minimum absolute atomic E-state index is 0.0504. The summed E-state index contributed by atoms with van der Waals surface area (Å²) >= 11 is 0. The number of hydrogen-bond acceptors (Lipinski definition) is 6. The van der Waals surface area contributed by atoms with Crippen LogP contribution in [0.1, 0.15) is 42.5 Å². The first-order chi connectivity index (χ1) is 14.5. The number of nitrogens with two attached hydrogens (primary N) is 1. The standard InChI is InChI=1S/C23H32N6O/c1-27-12-14-28(15-13-27)11-10-23(26)29-16-17(6-9-22(29)25)30-21-8-7-20(24)18-4-2-3-5-19(18)21/h2-6,9,16,20-21,25-26H,7-8,10-15,24H2,1H3. The molecule has 0 spiro atoms. The highest BCUT2D eigenvalue weighted by atomic mass is 16.5. The Balaban J connectivity index is 1.44. The van der Waals surface area contributed by atoms with E-state index < -0.39 is 0 Å². The molecule has 4 rings (SSSR count). The number of rotatable bonds is 5. The fourth-order valence-corrected chi connectivity index (χ4v) is 4.30. The Bertz CT molecular complexity index is 947. The lowest BCUT2D eigenvalue weighted by atomic mass is 9.86. The number of nitrogens with zero attached hydrogens (tertiary/aromatic N) is 3. The molecule has 30 heavy (non-hydrogen) atoms. The molecule has 4 N–H and O–H groups in total. The number of hydrogen-bond donors (Lipinski definition) is 3. The number of pyridine rings is 1. The maximum Gasteiger partial charge on any atom is 0.137 e. The zero-order valence-corrected chi connectivity index (χ0v) is 17.7. The lowest BCUT2D eigenvalue weighted by molar-refractivity contribution is 0.157. The van der Waals surface area contributed by atoms with Gasteiger partial charge >= 0.3 is 0 Å². The van der Waals surface area contributed by atoms with Crippen molar-refractivity contribution < 1.29 is 4.74 Å². The van der Waals surface area contributed by atoms with Gasteiger partial charge in [0.1, 0.15) is 23.2 Å². The van der Waals surface area contributed by atoms with Gasteiger partial charge in [-0.05, 0) is 43.1 Å². The molecule has 1 aromatic heterocycles. The summed E-state index contributed by atoms with van der Waals surface area (Å²) in [7, 11) is 2.14. The minimum Gasteiger partial charge on any atom is -0.484 e. The third-order valence-corrected chi connectivity index (χ3v) is 6.23. The Kier molecular flexibility index (Phi) is 6.32. The van der Waals surface area contributed by atoms with E-state index in [9.17, 15) is 0 Å². The molecule has 1 fully saturated rings. The second-order valence-electron chi connectivity index (χ2n) is 8.38. The van der Waals surface area contributed by atoms with Gasteiger partial charge < -0.3 is 20.3 Å². The van der Waals surface area contributed by atoms with Crippen LogP contribution >= 0.6 is 0 Å². The van der Waals surface area contributed by atoms with Crippen LogP contribution in [0.15, 0.2) is 42.6 Å². The SMILES string of the molecule is CN1CCN(CCC(=N)n2cc(OC3CCC(N)c4ccccc43)ccc2=N)CC1. The van der Waals surface area contributed by atoms with Crippen LogP contribution < -0.4 is 16.0 Å². The summed E-state index contributed by atoms with van der Waals surface area (Å²) in [6.45, 7) is 5.06. The summed E-state index contributed by atoms with van der Waals surface area (Å²) in [5.41, 5.74) is 8.86. The smallest absolute Gasteiger partial charge is 0.137 e. The average molecular weight is 409 g/mol. The number of ether oxygens (including phenoxy) is 1. The van der Waals surface area contributed by atoms with Crippen molar-refractivity contribution in [2.75, 3.05) is 39.8 Å². The lowest BCUT2D eigenvalue weighted by Gasteiger charge is -2.32. The highest BCUT2D eigenvalue weighted by Gasteiger charge is 2.26. The quantitative estimate of drug-likeness (QED) is 0.523. The molecule has 2 unspecified atom stereocenters. The van der Waals surface area contributed by atoms with Gasteiger partial charge in [-0.15, -0.1) is 0 Å². The first kappa shape index (κ1) is 20.8. The number of aromatic nitrogens is 1. The van der Waals surface area contributed by atoms with Gasteiger partial charge in [-0.25, -0.2) is 0 Å². The van der Waals surface area contributed by atoms with Crippen molar-refractivity contribution in [3.63, 3.8) is 0 Å². The molecule has 1 saturated heterocycles. The Morgan fingerprint density at radius 2 is 1.80 bits per heavy atom. The fourth-order valence-electron chi connectivity index (χ4n) is 4.30. The zero-order valence-electron chi connectivity index (χ0n) is 17.7. The summed E-state index contributed by atoms with van der Waals surface area (Å²) in [6, 6.07) is 11.8. The van der Waals surface area contributed by atoms with Gasteiger partial charge in [-0.3, -0.25) is 15.4 Å². The average Bonchev–Trinajstić information content (AvgIpc) is 2.76. The van der Waals surface area contributed by atoms with Gasteiger partial charge in [-0.1, -0.05) is 24.3 Å². The van der Waals surface area contributed by atoms with Crippen LogP contribution in [0.2, 0.25) is 0 Å². The van der Waals surface area contributed by atoms with Crippen LogP contribution in [0.25, 0.3) is 0 Å². The molecule has 0 amide bonds. The second kappa shape index (κ2) is 9.12. The summed E-state index contributed by atoms with van der Waals surface area (Å²) in [5, 5.41) is 16.8. The van der Waals surface area contributed by atoms with Gasteiger partial charge in [0.15, 0.2) is 0 Å². The van der Waals surface area contributed by atoms with Crippen molar-refractivity contribution in [1.82, 2.24) is 14.4 Å². The van der Waals surface area contributed by atoms with E-state index in [2.05, 4.69) is 29.0 Å². The molecular formula is C23H32N6O. The maximum atomic E-state index is 8.52. The molecule has 1 aliphatic heterocycles. The third-order valence-electron chi connectivity index (χ3n) is 6.23. The molecule has 0 saturated carbocycles. The summed E-state index contributed by atoms with van der Waals surface area (Å²) in [5.74, 6) is 1.11. The predicted octanol–water partition coefficient (Wildman–Crippen LogP) is 2.34. The van der Waals surface area contributed by atoms with Crippen LogP contribution in [0.3, 0.4) is 0 Å². The Labute approximate surface area is 178 Å².